The predicted molar refractivity (Wildman–Crippen MR) is 75.5 cm³/mol. The highest BCUT2D eigenvalue weighted by Crippen LogP contribution is 2.13. The smallest absolute Gasteiger partial charge is 0.246 e. The van der Waals surface area contributed by atoms with Crippen molar-refractivity contribution in [1.82, 2.24) is 4.90 Å². The molecule has 0 radical (unpaired) electrons. The Morgan fingerprint density at radius 3 is 2.56 bits per heavy atom. The van der Waals surface area contributed by atoms with Crippen LogP contribution in [0.25, 0.3) is 6.08 Å². The Morgan fingerprint density at radius 2 is 1.89 bits per heavy atom. The zero-order valence-electron chi connectivity index (χ0n) is 10.4. The molecule has 0 unspecified atom stereocenters. The molecule has 1 fully saturated rings. The van der Waals surface area contributed by atoms with Crippen molar-refractivity contribution >= 4 is 23.6 Å². The van der Waals surface area contributed by atoms with Gasteiger partial charge in [0.15, 0.2) is 0 Å². The number of benzene rings is 1. The van der Waals surface area contributed by atoms with Gasteiger partial charge < -0.3 is 4.90 Å². The molecule has 96 valence electrons. The first-order chi connectivity index (χ1) is 8.75. The second-order valence-corrected chi connectivity index (χ2v) is 5.06. The fourth-order valence-electron chi connectivity index (χ4n) is 2.17. The average molecular weight is 264 g/mol. The number of carbonyl (C=O) groups is 1. The third-order valence-corrected chi connectivity index (χ3v) is 3.42. The van der Waals surface area contributed by atoms with Crippen molar-refractivity contribution in [2.24, 2.45) is 0 Å². The molecular formula is C15H18ClNO. The molecule has 1 heterocycles. The van der Waals surface area contributed by atoms with Crippen molar-refractivity contribution in [2.45, 2.75) is 25.7 Å². The molecule has 0 bridgehead atoms. The molecule has 0 spiro atoms. The molecule has 0 aromatic heterocycles. The molecule has 18 heavy (non-hydrogen) atoms. The van der Waals surface area contributed by atoms with Gasteiger partial charge in [0.1, 0.15) is 0 Å². The van der Waals surface area contributed by atoms with E-state index in [9.17, 15) is 4.79 Å². The maximum Gasteiger partial charge on any atom is 0.246 e. The molecule has 0 atom stereocenters. The molecule has 2 nitrogen and oxygen atoms in total. The summed E-state index contributed by atoms with van der Waals surface area (Å²) in [6.07, 6.45) is 8.20. The summed E-state index contributed by atoms with van der Waals surface area (Å²) in [4.78, 5) is 14.0. The Labute approximate surface area is 113 Å². The summed E-state index contributed by atoms with van der Waals surface area (Å²) in [6.45, 7) is 1.78. The minimum absolute atomic E-state index is 0.108. The van der Waals surface area contributed by atoms with Crippen LogP contribution in [-0.4, -0.2) is 23.9 Å². The summed E-state index contributed by atoms with van der Waals surface area (Å²) in [5.41, 5.74) is 0.964. The molecule has 0 N–H and O–H groups in total. The van der Waals surface area contributed by atoms with Crippen LogP contribution in [0.2, 0.25) is 5.02 Å². The van der Waals surface area contributed by atoms with Crippen LogP contribution in [0, 0.1) is 0 Å². The van der Waals surface area contributed by atoms with E-state index in [-0.39, 0.29) is 5.91 Å². The van der Waals surface area contributed by atoms with Crippen LogP contribution in [-0.2, 0) is 4.79 Å². The number of carbonyl (C=O) groups excluding carboxylic acids is 1. The normalized spacial score (nSPS) is 16.8. The van der Waals surface area contributed by atoms with Crippen LogP contribution in [0.3, 0.4) is 0 Å². The minimum atomic E-state index is 0.108. The molecule has 1 aliphatic rings. The fourth-order valence-corrected chi connectivity index (χ4v) is 2.37. The van der Waals surface area contributed by atoms with Gasteiger partial charge in [0.25, 0.3) is 0 Å². The van der Waals surface area contributed by atoms with Gasteiger partial charge >= 0.3 is 0 Å². The number of nitrogens with zero attached hydrogens (tertiary/aromatic N) is 1. The quantitative estimate of drug-likeness (QED) is 0.744. The van der Waals surface area contributed by atoms with Crippen molar-refractivity contribution in [2.75, 3.05) is 13.1 Å². The lowest BCUT2D eigenvalue weighted by Crippen LogP contribution is -2.30. The summed E-state index contributed by atoms with van der Waals surface area (Å²) in [5.74, 6) is 0.108. The Morgan fingerprint density at radius 1 is 1.17 bits per heavy atom. The van der Waals surface area contributed by atoms with Crippen LogP contribution in [0.5, 0.6) is 0 Å². The van der Waals surface area contributed by atoms with Gasteiger partial charge in [-0.05, 0) is 36.6 Å². The predicted octanol–water partition coefficient (Wildman–Crippen LogP) is 3.76. The van der Waals surface area contributed by atoms with Gasteiger partial charge in [-0.25, -0.2) is 0 Å². The zero-order chi connectivity index (χ0) is 12.8. The molecule has 1 aliphatic heterocycles. The van der Waals surface area contributed by atoms with E-state index in [2.05, 4.69) is 0 Å². The third-order valence-electron chi connectivity index (χ3n) is 3.18. The maximum atomic E-state index is 12.0. The van der Waals surface area contributed by atoms with Crippen molar-refractivity contribution in [3.8, 4) is 0 Å². The molecule has 1 saturated heterocycles. The fraction of sp³-hybridized carbons (Fsp3) is 0.400. The summed E-state index contributed by atoms with van der Waals surface area (Å²) < 4.78 is 0. The standard InChI is InChI=1S/C15H18ClNO/c16-14-7-5-6-13(12-14)8-9-15(18)17-10-3-1-2-4-11-17/h5-9,12H,1-4,10-11H2/b9-8+. The third kappa shape index (κ3) is 3.88. The van der Waals surface area contributed by atoms with Crippen LogP contribution in [0.15, 0.2) is 30.3 Å². The van der Waals surface area contributed by atoms with E-state index in [1.165, 1.54) is 12.8 Å². The van der Waals surface area contributed by atoms with Crippen LogP contribution >= 0.6 is 11.6 Å². The van der Waals surface area contributed by atoms with E-state index < -0.39 is 0 Å². The Hall–Kier alpha value is -1.28. The highest BCUT2D eigenvalue weighted by atomic mass is 35.5. The summed E-state index contributed by atoms with van der Waals surface area (Å²) >= 11 is 5.90. The van der Waals surface area contributed by atoms with E-state index in [0.29, 0.717) is 5.02 Å². The highest BCUT2D eigenvalue weighted by Gasteiger charge is 2.12. The number of likely N-dealkylation sites (tertiary alicyclic amines) is 1. The van der Waals surface area contributed by atoms with Gasteiger partial charge in [-0.3, -0.25) is 4.79 Å². The molecule has 1 aromatic rings. The molecule has 1 aromatic carbocycles. The molecule has 2 rings (SSSR count). The van der Waals surface area contributed by atoms with Gasteiger partial charge in [-0.15, -0.1) is 0 Å². The highest BCUT2D eigenvalue weighted by molar-refractivity contribution is 6.30. The van der Waals surface area contributed by atoms with Crippen LogP contribution in [0.1, 0.15) is 31.2 Å². The minimum Gasteiger partial charge on any atom is -0.339 e. The van der Waals surface area contributed by atoms with Crippen molar-refractivity contribution in [1.29, 1.82) is 0 Å². The molecule has 0 saturated carbocycles. The largest absolute Gasteiger partial charge is 0.339 e. The first kappa shape index (κ1) is 13.2. The summed E-state index contributed by atoms with van der Waals surface area (Å²) in [5, 5.41) is 0.694. The van der Waals surface area contributed by atoms with E-state index in [1.807, 2.05) is 35.2 Å². The summed E-state index contributed by atoms with van der Waals surface area (Å²) in [6, 6.07) is 7.51. The first-order valence-electron chi connectivity index (χ1n) is 6.48. The van der Waals surface area contributed by atoms with Crippen molar-refractivity contribution < 1.29 is 4.79 Å². The SMILES string of the molecule is O=C(/C=C/c1cccc(Cl)c1)N1CCCCCC1. The molecular weight excluding hydrogens is 246 g/mol. The topological polar surface area (TPSA) is 20.3 Å². The molecule has 3 heteroatoms. The Bertz CT molecular complexity index is 434. The van der Waals surface area contributed by atoms with Gasteiger partial charge in [-0.1, -0.05) is 36.6 Å². The van der Waals surface area contributed by atoms with E-state index in [4.69, 9.17) is 11.6 Å². The Kier molecular flexibility index (Phi) is 4.82. The van der Waals surface area contributed by atoms with Gasteiger partial charge in [0, 0.05) is 24.2 Å². The number of hydrogen-bond donors (Lipinski definition) is 0. The van der Waals surface area contributed by atoms with E-state index >= 15 is 0 Å². The molecule has 1 amide bonds. The van der Waals surface area contributed by atoms with Crippen molar-refractivity contribution in [3.05, 3.63) is 40.9 Å². The zero-order valence-corrected chi connectivity index (χ0v) is 11.2. The van der Waals surface area contributed by atoms with Gasteiger partial charge in [-0.2, -0.15) is 0 Å². The van der Waals surface area contributed by atoms with Gasteiger partial charge in [0.2, 0.25) is 5.91 Å². The molecule has 0 aliphatic carbocycles. The monoisotopic (exact) mass is 263 g/mol. The Balaban J connectivity index is 1.97. The first-order valence-corrected chi connectivity index (χ1v) is 6.86. The number of rotatable bonds is 2. The second-order valence-electron chi connectivity index (χ2n) is 4.63. The van der Waals surface area contributed by atoms with E-state index in [1.54, 1.807) is 6.08 Å². The van der Waals surface area contributed by atoms with Gasteiger partial charge in [0.05, 0.1) is 0 Å². The van der Waals surface area contributed by atoms with Crippen LogP contribution < -0.4 is 0 Å². The van der Waals surface area contributed by atoms with E-state index in [0.717, 1.165) is 31.5 Å². The maximum absolute atomic E-state index is 12.0. The lowest BCUT2D eigenvalue weighted by atomic mass is 10.2. The number of hydrogen-bond acceptors (Lipinski definition) is 1. The number of amides is 1. The summed E-state index contributed by atoms with van der Waals surface area (Å²) in [7, 11) is 0. The van der Waals surface area contributed by atoms with Crippen LogP contribution in [0.4, 0.5) is 0 Å². The number of halogens is 1. The average Bonchev–Trinajstić information content (AvgIpc) is 2.65. The second kappa shape index (κ2) is 6.60. The van der Waals surface area contributed by atoms with Crippen molar-refractivity contribution in [3.63, 3.8) is 0 Å². The lowest BCUT2D eigenvalue weighted by molar-refractivity contribution is -0.125. The lowest BCUT2D eigenvalue weighted by Gasteiger charge is -2.17.